The summed E-state index contributed by atoms with van der Waals surface area (Å²) in [6.07, 6.45) is 2.67. The van der Waals surface area contributed by atoms with Crippen molar-refractivity contribution in [3.8, 4) is 11.7 Å². The molecule has 4 rings (SSSR count). The van der Waals surface area contributed by atoms with E-state index in [1.807, 2.05) is 60.7 Å². The lowest BCUT2D eigenvalue weighted by molar-refractivity contribution is 0.0974. The largest absolute Gasteiger partial charge is 0.489 e. The third-order valence-corrected chi connectivity index (χ3v) is 5.35. The number of ether oxygens (including phenoxy) is 1. The lowest BCUT2D eigenvalue weighted by Gasteiger charge is -2.10. The van der Waals surface area contributed by atoms with Crippen molar-refractivity contribution < 1.29 is 9.53 Å². The van der Waals surface area contributed by atoms with Gasteiger partial charge in [-0.1, -0.05) is 60.7 Å². The summed E-state index contributed by atoms with van der Waals surface area (Å²) in [6.45, 7) is 2.17. The number of carbonyl (C=O) groups excluding carboxylic acids is 1. The van der Waals surface area contributed by atoms with Gasteiger partial charge in [-0.3, -0.25) is 14.2 Å². The van der Waals surface area contributed by atoms with Crippen LogP contribution in [0.5, 0.6) is 5.75 Å². The highest BCUT2D eigenvalue weighted by Gasteiger charge is 2.20. The Kier molecular flexibility index (Phi) is 6.31. The number of ketones is 1. The first kappa shape index (κ1) is 21.3. The minimum absolute atomic E-state index is 0.00321. The Morgan fingerprint density at radius 2 is 1.62 bits per heavy atom. The van der Waals surface area contributed by atoms with Crippen LogP contribution in [0.1, 0.15) is 33.7 Å². The van der Waals surface area contributed by atoms with Crippen molar-refractivity contribution in [1.82, 2.24) is 14.1 Å². The van der Waals surface area contributed by atoms with Gasteiger partial charge >= 0.3 is 0 Å². The van der Waals surface area contributed by atoms with Gasteiger partial charge < -0.3 is 9.30 Å². The van der Waals surface area contributed by atoms with Crippen molar-refractivity contribution in [2.24, 2.45) is 7.05 Å². The number of nitrogens with zero attached hydrogens (tertiary/aromatic N) is 3. The van der Waals surface area contributed by atoms with E-state index in [9.17, 15) is 9.59 Å². The van der Waals surface area contributed by atoms with E-state index < -0.39 is 0 Å². The highest BCUT2D eigenvalue weighted by atomic mass is 16.5. The molecular formula is C26H25N3O3. The molecule has 162 valence electrons. The van der Waals surface area contributed by atoms with E-state index >= 15 is 0 Å². The Labute approximate surface area is 186 Å². The van der Waals surface area contributed by atoms with E-state index in [4.69, 9.17) is 4.74 Å². The second-order valence-corrected chi connectivity index (χ2v) is 7.66. The molecule has 2 aromatic carbocycles. The van der Waals surface area contributed by atoms with Crippen molar-refractivity contribution in [3.63, 3.8) is 0 Å². The van der Waals surface area contributed by atoms with Gasteiger partial charge in [-0.2, -0.15) is 0 Å². The standard InChI is InChI=1S/C26H25N3O3/c1-19-25(23(30)14-13-20-9-5-3-6-10-20)28(2)26(27-19)29-16-15-22(17-24(29)31)32-18-21-11-7-4-8-12-21/h3-12,15-17H,13-14,18H2,1-2H3. The second kappa shape index (κ2) is 9.47. The molecule has 0 aliphatic carbocycles. The van der Waals surface area contributed by atoms with E-state index in [1.165, 1.54) is 10.6 Å². The van der Waals surface area contributed by atoms with E-state index in [1.54, 1.807) is 30.8 Å². The summed E-state index contributed by atoms with van der Waals surface area (Å²) >= 11 is 0. The molecule has 0 unspecified atom stereocenters. The van der Waals surface area contributed by atoms with Crippen LogP contribution in [0.4, 0.5) is 0 Å². The molecule has 32 heavy (non-hydrogen) atoms. The number of Topliss-reactive ketones (excluding diaryl/α,β-unsaturated/α-hetero) is 1. The molecule has 0 N–H and O–H groups in total. The van der Waals surface area contributed by atoms with E-state index in [-0.39, 0.29) is 11.3 Å². The van der Waals surface area contributed by atoms with Crippen LogP contribution in [-0.4, -0.2) is 19.9 Å². The van der Waals surface area contributed by atoms with Crippen LogP contribution < -0.4 is 10.3 Å². The molecule has 0 aliphatic heterocycles. The Morgan fingerprint density at radius 1 is 0.969 bits per heavy atom. The van der Waals surface area contributed by atoms with Crippen LogP contribution in [0.2, 0.25) is 0 Å². The van der Waals surface area contributed by atoms with E-state index in [2.05, 4.69) is 4.98 Å². The quantitative estimate of drug-likeness (QED) is 0.394. The van der Waals surface area contributed by atoms with Gasteiger partial charge in [0.1, 0.15) is 18.1 Å². The lowest BCUT2D eigenvalue weighted by Crippen LogP contribution is -2.21. The molecule has 6 nitrogen and oxygen atoms in total. The number of aromatic nitrogens is 3. The molecule has 0 aliphatic rings. The fraction of sp³-hybridized carbons (Fsp3) is 0.192. The summed E-state index contributed by atoms with van der Waals surface area (Å²) in [5, 5.41) is 0. The van der Waals surface area contributed by atoms with Crippen LogP contribution in [0.3, 0.4) is 0 Å². The second-order valence-electron chi connectivity index (χ2n) is 7.66. The van der Waals surface area contributed by atoms with Gasteiger partial charge in [-0.15, -0.1) is 0 Å². The average molecular weight is 428 g/mol. The predicted molar refractivity (Wildman–Crippen MR) is 123 cm³/mol. The van der Waals surface area contributed by atoms with Crippen LogP contribution in [-0.2, 0) is 20.1 Å². The topological polar surface area (TPSA) is 66.1 Å². The number of rotatable bonds is 8. The molecule has 0 fully saturated rings. The van der Waals surface area contributed by atoms with Gasteiger partial charge in [0.15, 0.2) is 5.78 Å². The molecule has 0 spiro atoms. The number of pyridine rings is 1. The third kappa shape index (κ3) is 4.70. The number of carbonyl (C=O) groups is 1. The third-order valence-electron chi connectivity index (χ3n) is 5.35. The Morgan fingerprint density at radius 3 is 2.28 bits per heavy atom. The number of benzene rings is 2. The van der Waals surface area contributed by atoms with Crippen LogP contribution in [0, 0.1) is 6.92 Å². The highest BCUT2D eigenvalue weighted by molar-refractivity contribution is 5.96. The van der Waals surface area contributed by atoms with Crippen molar-refractivity contribution in [3.05, 3.63) is 112 Å². The van der Waals surface area contributed by atoms with Gasteiger partial charge in [-0.25, -0.2) is 4.98 Å². The first-order chi connectivity index (χ1) is 15.5. The molecule has 2 aromatic heterocycles. The van der Waals surface area contributed by atoms with E-state index in [0.717, 1.165) is 11.1 Å². The number of aryl methyl sites for hydroxylation is 2. The Hall–Kier alpha value is -3.93. The number of hydrogen-bond acceptors (Lipinski definition) is 4. The average Bonchev–Trinajstić information content (AvgIpc) is 3.11. The molecule has 0 saturated heterocycles. The summed E-state index contributed by atoms with van der Waals surface area (Å²) < 4.78 is 8.86. The summed E-state index contributed by atoms with van der Waals surface area (Å²) in [6, 6.07) is 22.8. The van der Waals surface area contributed by atoms with Crippen molar-refractivity contribution >= 4 is 5.78 Å². The highest BCUT2D eigenvalue weighted by Crippen LogP contribution is 2.17. The molecule has 0 amide bonds. The van der Waals surface area contributed by atoms with Crippen molar-refractivity contribution in [1.29, 1.82) is 0 Å². The minimum atomic E-state index is -0.271. The maximum absolute atomic E-state index is 12.9. The summed E-state index contributed by atoms with van der Waals surface area (Å²) in [5.74, 6) is 0.897. The number of imidazole rings is 1. The summed E-state index contributed by atoms with van der Waals surface area (Å²) in [7, 11) is 1.76. The van der Waals surface area contributed by atoms with Crippen molar-refractivity contribution in [2.45, 2.75) is 26.4 Å². The van der Waals surface area contributed by atoms with Crippen molar-refractivity contribution in [2.75, 3.05) is 0 Å². The fourth-order valence-electron chi connectivity index (χ4n) is 3.70. The smallest absolute Gasteiger partial charge is 0.261 e. The molecule has 0 saturated carbocycles. The minimum Gasteiger partial charge on any atom is -0.489 e. The van der Waals surface area contributed by atoms with E-state index in [0.29, 0.717) is 42.5 Å². The maximum Gasteiger partial charge on any atom is 0.261 e. The van der Waals surface area contributed by atoms with Gasteiger partial charge in [-0.05, 0) is 30.5 Å². The lowest BCUT2D eigenvalue weighted by atomic mass is 10.1. The molecule has 0 radical (unpaired) electrons. The number of hydrogen-bond donors (Lipinski definition) is 0. The molecule has 0 atom stereocenters. The fourth-order valence-corrected chi connectivity index (χ4v) is 3.70. The zero-order valence-electron chi connectivity index (χ0n) is 18.2. The van der Waals surface area contributed by atoms with Gasteiger partial charge in [0, 0.05) is 25.7 Å². The summed E-state index contributed by atoms with van der Waals surface area (Å²) in [5.41, 5.74) is 2.99. The Balaban J connectivity index is 1.51. The molecule has 6 heteroatoms. The molecule has 2 heterocycles. The first-order valence-electron chi connectivity index (χ1n) is 10.5. The van der Waals surface area contributed by atoms with Gasteiger partial charge in [0.2, 0.25) is 5.95 Å². The molecule has 4 aromatic rings. The van der Waals surface area contributed by atoms with Crippen LogP contribution >= 0.6 is 0 Å². The predicted octanol–water partition coefficient (Wildman–Crippen LogP) is 4.27. The molecule has 0 bridgehead atoms. The summed E-state index contributed by atoms with van der Waals surface area (Å²) in [4.78, 5) is 30.1. The SMILES string of the molecule is Cc1nc(-n2ccc(OCc3ccccc3)cc2=O)n(C)c1C(=O)CCc1ccccc1. The normalized spacial score (nSPS) is 10.8. The Bertz CT molecular complexity index is 1270. The maximum atomic E-state index is 12.9. The monoisotopic (exact) mass is 427 g/mol. The van der Waals surface area contributed by atoms with Crippen LogP contribution in [0.15, 0.2) is 83.8 Å². The zero-order chi connectivity index (χ0) is 22.5. The first-order valence-corrected chi connectivity index (χ1v) is 10.5. The molecular weight excluding hydrogens is 402 g/mol. The zero-order valence-corrected chi connectivity index (χ0v) is 18.2. The van der Waals surface area contributed by atoms with Gasteiger partial charge in [0.25, 0.3) is 5.56 Å². The van der Waals surface area contributed by atoms with Crippen LogP contribution in [0.25, 0.3) is 5.95 Å². The van der Waals surface area contributed by atoms with Gasteiger partial charge in [0.05, 0.1) is 5.69 Å².